The van der Waals surface area contributed by atoms with Crippen LogP contribution in [0.15, 0.2) is 24.3 Å². The highest BCUT2D eigenvalue weighted by molar-refractivity contribution is 5.97. The van der Waals surface area contributed by atoms with Gasteiger partial charge in [0, 0.05) is 12.2 Å². The van der Waals surface area contributed by atoms with E-state index in [0.717, 1.165) is 18.7 Å². The van der Waals surface area contributed by atoms with Crippen LogP contribution in [0, 0.1) is 17.7 Å². The van der Waals surface area contributed by atoms with Gasteiger partial charge in [-0.3, -0.25) is 4.79 Å². The van der Waals surface area contributed by atoms with Crippen molar-refractivity contribution in [3.05, 3.63) is 30.1 Å². The second-order valence-corrected chi connectivity index (χ2v) is 5.80. The van der Waals surface area contributed by atoms with Gasteiger partial charge in [0.05, 0.1) is 6.04 Å². The Kier molecular flexibility index (Phi) is 3.74. The average Bonchev–Trinajstić information content (AvgIpc) is 3.04. The topological polar surface area (TPSA) is 32.3 Å². The number of halogens is 1. The van der Waals surface area contributed by atoms with Crippen LogP contribution in [0.3, 0.4) is 0 Å². The molecule has 2 fully saturated rings. The van der Waals surface area contributed by atoms with Crippen LogP contribution < -0.4 is 10.2 Å². The molecule has 1 aliphatic heterocycles. The molecule has 0 spiro atoms. The number of carbonyl (C=O) groups excluding carboxylic acids is 1. The molecule has 1 heterocycles. The first-order chi connectivity index (χ1) is 9.70. The Hall–Kier alpha value is -1.42. The number of anilines is 1. The Labute approximate surface area is 119 Å². The molecule has 3 atom stereocenters. The normalized spacial score (nSPS) is 28.4. The van der Waals surface area contributed by atoms with Crippen molar-refractivity contribution >= 4 is 11.6 Å². The third-order valence-electron chi connectivity index (χ3n) is 4.73. The lowest BCUT2D eigenvalue weighted by atomic mass is 9.93. The lowest BCUT2D eigenvalue weighted by Gasteiger charge is -2.27. The molecule has 1 saturated heterocycles. The first kappa shape index (κ1) is 13.6. The largest absolute Gasteiger partial charge is 0.311 e. The molecule has 4 heteroatoms. The van der Waals surface area contributed by atoms with Crippen LogP contribution in [-0.2, 0) is 4.79 Å². The molecule has 1 aromatic carbocycles. The Morgan fingerprint density at radius 2 is 2.10 bits per heavy atom. The van der Waals surface area contributed by atoms with Gasteiger partial charge >= 0.3 is 0 Å². The van der Waals surface area contributed by atoms with Gasteiger partial charge in [0.1, 0.15) is 5.82 Å². The summed E-state index contributed by atoms with van der Waals surface area (Å²) in [7, 11) is 0. The van der Waals surface area contributed by atoms with Gasteiger partial charge in [-0.2, -0.15) is 0 Å². The van der Waals surface area contributed by atoms with Crippen LogP contribution in [0.5, 0.6) is 0 Å². The highest BCUT2D eigenvalue weighted by atomic mass is 19.1. The number of amides is 1. The summed E-state index contributed by atoms with van der Waals surface area (Å²) in [6, 6.07) is 6.11. The van der Waals surface area contributed by atoms with E-state index < -0.39 is 0 Å². The van der Waals surface area contributed by atoms with E-state index in [1.165, 1.54) is 25.0 Å². The van der Waals surface area contributed by atoms with Crippen LogP contribution >= 0.6 is 0 Å². The average molecular weight is 276 g/mol. The molecule has 2 aliphatic rings. The molecule has 3 nitrogen and oxygen atoms in total. The minimum absolute atomic E-state index is 0.0625. The number of carbonyl (C=O) groups is 1. The predicted molar refractivity (Wildman–Crippen MR) is 77.0 cm³/mol. The van der Waals surface area contributed by atoms with Crippen molar-refractivity contribution in [1.29, 1.82) is 0 Å². The zero-order valence-corrected chi connectivity index (χ0v) is 11.8. The third-order valence-corrected chi connectivity index (χ3v) is 4.73. The van der Waals surface area contributed by atoms with Crippen molar-refractivity contribution in [2.24, 2.45) is 11.8 Å². The fraction of sp³-hybridized carbons (Fsp3) is 0.562. The summed E-state index contributed by atoms with van der Waals surface area (Å²) in [6.07, 6.45) is 3.63. The maximum atomic E-state index is 13.0. The zero-order valence-electron chi connectivity index (χ0n) is 11.8. The molecule has 108 valence electrons. The maximum absolute atomic E-state index is 13.0. The lowest BCUT2D eigenvalue weighted by Crippen LogP contribution is -2.46. The van der Waals surface area contributed by atoms with Gasteiger partial charge in [0.2, 0.25) is 5.91 Å². The van der Waals surface area contributed by atoms with Gasteiger partial charge in [-0.1, -0.05) is 6.42 Å². The Morgan fingerprint density at radius 3 is 2.80 bits per heavy atom. The van der Waals surface area contributed by atoms with Crippen molar-refractivity contribution in [2.75, 3.05) is 18.0 Å². The first-order valence-electron chi connectivity index (χ1n) is 7.51. The number of benzene rings is 1. The second-order valence-electron chi connectivity index (χ2n) is 5.80. The van der Waals surface area contributed by atoms with Crippen LogP contribution in [-0.4, -0.2) is 25.0 Å². The van der Waals surface area contributed by atoms with E-state index in [2.05, 4.69) is 5.32 Å². The van der Waals surface area contributed by atoms with Gasteiger partial charge in [0.15, 0.2) is 0 Å². The minimum Gasteiger partial charge on any atom is -0.311 e. The smallest absolute Gasteiger partial charge is 0.244 e. The number of nitrogens with zero attached hydrogens (tertiary/aromatic N) is 1. The highest BCUT2D eigenvalue weighted by Crippen LogP contribution is 2.38. The van der Waals surface area contributed by atoms with E-state index in [1.54, 1.807) is 17.0 Å². The molecule has 0 aromatic heterocycles. The fourth-order valence-corrected chi connectivity index (χ4v) is 3.71. The summed E-state index contributed by atoms with van der Waals surface area (Å²) < 4.78 is 13.0. The van der Waals surface area contributed by atoms with Gasteiger partial charge < -0.3 is 10.2 Å². The molecular formula is C16H21FN2O. The molecule has 0 radical (unpaired) electrons. The standard InChI is InChI=1S/C16H21FN2O/c1-2-19(13-8-6-12(17)7-9-13)16(20)15-14-5-3-4-11(14)10-18-15/h6-9,11,14-15,18H,2-5,10H2,1H3. The van der Waals surface area contributed by atoms with Crippen molar-refractivity contribution in [1.82, 2.24) is 5.32 Å². The summed E-state index contributed by atoms with van der Waals surface area (Å²) in [4.78, 5) is 14.5. The second kappa shape index (κ2) is 5.52. The van der Waals surface area contributed by atoms with Crippen LogP contribution in [0.1, 0.15) is 26.2 Å². The van der Waals surface area contributed by atoms with E-state index >= 15 is 0 Å². The van der Waals surface area contributed by atoms with Crippen LogP contribution in [0.4, 0.5) is 10.1 Å². The highest BCUT2D eigenvalue weighted by Gasteiger charge is 2.43. The first-order valence-corrected chi connectivity index (χ1v) is 7.51. The van der Waals surface area contributed by atoms with Crippen LogP contribution in [0.2, 0.25) is 0 Å². The van der Waals surface area contributed by atoms with Crippen molar-refractivity contribution < 1.29 is 9.18 Å². The van der Waals surface area contributed by atoms with Crippen molar-refractivity contribution in [3.63, 3.8) is 0 Å². The van der Waals surface area contributed by atoms with E-state index in [4.69, 9.17) is 0 Å². The van der Waals surface area contributed by atoms with Gasteiger partial charge in [0.25, 0.3) is 0 Å². The minimum atomic E-state index is -0.271. The number of rotatable bonds is 3. The van der Waals surface area contributed by atoms with Gasteiger partial charge in [-0.15, -0.1) is 0 Å². The van der Waals surface area contributed by atoms with E-state index in [-0.39, 0.29) is 17.8 Å². The Morgan fingerprint density at radius 1 is 1.35 bits per heavy atom. The monoisotopic (exact) mass is 276 g/mol. The van der Waals surface area contributed by atoms with E-state index in [1.807, 2.05) is 6.92 Å². The van der Waals surface area contributed by atoms with Gasteiger partial charge in [-0.25, -0.2) is 4.39 Å². The molecule has 0 bridgehead atoms. The molecule has 3 unspecified atom stereocenters. The number of likely N-dealkylation sites (N-methyl/N-ethyl adjacent to an activating group) is 1. The number of hydrogen-bond donors (Lipinski definition) is 1. The Balaban J connectivity index is 1.79. The molecule has 20 heavy (non-hydrogen) atoms. The lowest BCUT2D eigenvalue weighted by molar-refractivity contribution is -0.121. The maximum Gasteiger partial charge on any atom is 0.244 e. The quantitative estimate of drug-likeness (QED) is 0.920. The summed E-state index contributed by atoms with van der Waals surface area (Å²) in [6.45, 7) is 3.53. The fourth-order valence-electron chi connectivity index (χ4n) is 3.71. The SMILES string of the molecule is CCN(C(=O)C1NCC2CCCC21)c1ccc(F)cc1. The van der Waals surface area contributed by atoms with Crippen molar-refractivity contribution in [3.8, 4) is 0 Å². The number of nitrogens with one attached hydrogen (secondary N) is 1. The molecule has 1 N–H and O–H groups in total. The summed E-state index contributed by atoms with van der Waals surface area (Å²) in [5.74, 6) is 1.01. The summed E-state index contributed by atoms with van der Waals surface area (Å²) >= 11 is 0. The Bertz CT molecular complexity index is 488. The molecule has 1 amide bonds. The van der Waals surface area contributed by atoms with E-state index in [9.17, 15) is 9.18 Å². The molecule has 1 aromatic rings. The molecular weight excluding hydrogens is 255 g/mol. The number of fused-ring (bicyclic) bond motifs is 1. The molecule has 1 saturated carbocycles. The molecule has 3 rings (SSSR count). The number of hydrogen-bond acceptors (Lipinski definition) is 2. The third kappa shape index (κ3) is 2.33. The predicted octanol–water partition coefficient (Wildman–Crippen LogP) is 2.57. The van der Waals surface area contributed by atoms with Gasteiger partial charge in [-0.05, 0) is 62.4 Å². The summed E-state index contributed by atoms with van der Waals surface area (Å²) in [5.41, 5.74) is 0.780. The van der Waals surface area contributed by atoms with Crippen LogP contribution in [0.25, 0.3) is 0 Å². The van der Waals surface area contributed by atoms with E-state index in [0.29, 0.717) is 18.4 Å². The van der Waals surface area contributed by atoms with Crippen molar-refractivity contribution in [2.45, 2.75) is 32.2 Å². The zero-order chi connectivity index (χ0) is 14.1. The molecule has 1 aliphatic carbocycles. The summed E-state index contributed by atoms with van der Waals surface area (Å²) in [5, 5.41) is 3.39.